The maximum atomic E-state index is 12.8. The van der Waals surface area contributed by atoms with Crippen LogP contribution >= 0.6 is 0 Å². The predicted molar refractivity (Wildman–Crippen MR) is 98.2 cm³/mol. The molecule has 0 aliphatic carbocycles. The van der Waals surface area contributed by atoms with E-state index < -0.39 is 6.36 Å². The highest BCUT2D eigenvalue weighted by molar-refractivity contribution is 5.83. The molecule has 7 nitrogen and oxygen atoms in total. The van der Waals surface area contributed by atoms with E-state index in [1.807, 2.05) is 0 Å². The molecule has 0 N–H and O–H groups in total. The minimum Gasteiger partial charge on any atom is -0.406 e. The van der Waals surface area contributed by atoms with Crippen LogP contribution in [-0.2, 0) is 13.6 Å². The lowest BCUT2D eigenvalue weighted by Crippen LogP contribution is -2.21. The van der Waals surface area contributed by atoms with Crippen molar-refractivity contribution in [1.29, 1.82) is 0 Å². The fourth-order valence-electron chi connectivity index (χ4n) is 2.91. The van der Waals surface area contributed by atoms with Gasteiger partial charge in [0.05, 0.1) is 23.8 Å². The zero-order valence-corrected chi connectivity index (χ0v) is 15.1. The molecule has 0 radical (unpaired) electrons. The zero-order chi connectivity index (χ0) is 20.6. The van der Waals surface area contributed by atoms with Crippen LogP contribution in [0.4, 0.5) is 13.2 Å². The maximum absolute atomic E-state index is 12.8. The van der Waals surface area contributed by atoms with Gasteiger partial charge in [0.15, 0.2) is 5.82 Å². The third kappa shape index (κ3) is 4.10. The van der Waals surface area contributed by atoms with Gasteiger partial charge in [-0.05, 0) is 35.4 Å². The number of halogens is 3. The Morgan fingerprint density at radius 2 is 1.72 bits per heavy atom. The molecule has 0 saturated heterocycles. The van der Waals surface area contributed by atoms with Crippen molar-refractivity contribution in [2.24, 2.45) is 7.05 Å². The van der Waals surface area contributed by atoms with Crippen LogP contribution in [0.2, 0.25) is 0 Å². The first-order chi connectivity index (χ1) is 13.8. The molecule has 0 aliphatic rings. The van der Waals surface area contributed by atoms with E-state index in [0.29, 0.717) is 27.9 Å². The van der Waals surface area contributed by atoms with Crippen molar-refractivity contribution >= 4 is 10.9 Å². The number of ether oxygens (including phenoxy) is 1. The Morgan fingerprint density at radius 3 is 2.38 bits per heavy atom. The van der Waals surface area contributed by atoms with Crippen molar-refractivity contribution in [3.8, 4) is 16.9 Å². The maximum Gasteiger partial charge on any atom is 0.573 e. The van der Waals surface area contributed by atoms with Gasteiger partial charge in [0.2, 0.25) is 0 Å². The van der Waals surface area contributed by atoms with Crippen LogP contribution in [-0.4, -0.2) is 30.7 Å². The van der Waals surface area contributed by atoms with Gasteiger partial charge in [0.1, 0.15) is 12.1 Å². The summed E-state index contributed by atoms with van der Waals surface area (Å²) in [5, 5.41) is 4.54. The van der Waals surface area contributed by atoms with Crippen LogP contribution in [0.15, 0.2) is 59.9 Å². The Hall–Kier alpha value is -3.69. The lowest BCUT2D eigenvalue weighted by atomic mass is 10.0. The third-order valence-corrected chi connectivity index (χ3v) is 4.20. The molecule has 0 unspecified atom stereocenters. The van der Waals surface area contributed by atoms with Gasteiger partial charge in [-0.2, -0.15) is 5.10 Å². The number of fused-ring (bicyclic) bond motifs is 1. The Kier molecular flexibility index (Phi) is 4.53. The molecule has 0 fully saturated rings. The molecule has 4 rings (SSSR count). The lowest BCUT2D eigenvalue weighted by molar-refractivity contribution is -0.274. The first-order valence-electron chi connectivity index (χ1n) is 8.48. The largest absolute Gasteiger partial charge is 0.573 e. The van der Waals surface area contributed by atoms with Crippen LogP contribution < -0.4 is 10.3 Å². The fraction of sp³-hybridized carbons (Fsp3) is 0.158. The number of alkyl halides is 3. The normalized spacial score (nSPS) is 11.7. The third-order valence-electron chi connectivity index (χ3n) is 4.20. The molecule has 0 spiro atoms. The Bertz CT molecular complexity index is 1230. The Labute approximate surface area is 162 Å². The highest BCUT2D eigenvalue weighted by atomic mass is 19.4. The predicted octanol–water partition coefficient (Wildman–Crippen LogP) is 3.14. The van der Waals surface area contributed by atoms with E-state index in [9.17, 15) is 18.0 Å². The van der Waals surface area contributed by atoms with Gasteiger partial charge in [-0.25, -0.2) is 9.97 Å². The fourth-order valence-corrected chi connectivity index (χ4v) is 2.91. The number of benzene rings is 2. The number of aromatic nitrogens is 5. The summed E-state index contributed by atoms with van der Waals surface area (Å²) in [7, 11) is 1.73. The van der Waals surface area contributed by atoms with Crippen molar-refractivity contribution in [2.45, 2.75) is 12.9 Å². The summed E-state index contributed by atoms with van der Waals surface area (Å²) in [5.41, 5.74) is 1.56. The molecular formula is C19H14F3N5O2. The summed E-state index contributed by atoms with van der Waals surface area (Å²) in [5.74, 6) is 0.168. The van der Waals surface area contributed by atoms with Gasteiger partial charge < -0.3 is 4.74 Å². The molecule has 0 atom stereocenters. The molecule has 0 saturated carbocycles. The van der Waals surface area contributed by atoms with Crippen molar-refractivity contribution in [3.05, 3.63) is 71.3 Å². The van der Waals surface area contributed by atoms with E-state index in [-0.39, 0.29) is 17.9 Å². The van der Waals surface area contributed by atoms with Gasteiger partial charge in [0.25, 0.3) is 5.56 Å². The summed E-state index contributed by atoms with van der Waals surface area (Å²) in [6.45, 7) is 0.177. The summed E-state index contributed by atoms with van der Waals surface area (Å²) in [6, 6.07) is 10.5. The molecule has 29 heavy (non-hydrogen) atoms. The SMILES string of the molecule is Cn1cnc(Cn2cnc3ccc(-c4ccc(OC(F)(F)F)cc4)cc3c2=O)n1. The van der Waals surface area contributed by atoms with E-state index in [1.165, 1.54) is 35.2 Å². The van der Waals surface area contributed by atoms with Crippen molar-refractivity contribution in [2.75, 3.05) is 0 Å². The second-order valence-electron chi connectivity index (χ2n) is 6.32. The van der Waals surface area contributed by atoms with Gasteiger partial charge in [0, 0.05) is 7.05 Å². The summed E-state index contributed by atoms with van der Waals surface area (Å²) in [4.78, 5) is 21.2. The molecule has 2 heterocycles. The van der Waals surface area contributed by atoms with Crippen LogP contribution in [0.25, 0.3) is 22.0 Å². The Morgan fingerprint density at radius 1 is 1.00 bits per heavy atom. The highest BCUT2D eigenvalue weighted by Gasteiger charge is 2.30. The second-order valence-corrected chi connectivity index (χ2v) is 6.32. The number of rotatable bonds is 4. The van der Waals surface area contributed by atoms with E-state index in [0.717, 1.165) is 0 Å². The number of hydrogen-bond acceptors (Lipinski definition) is 5. The van der Waals surface area contributed by atoms with E-state index in [2.05, 4.69) is 19.8 Å². The molecule has 0 aliphatic heterocycles. The van der Waals surface area contributed by atoms with E-state index in [1.54, 1.807) is 36.3 Å². The number of nitrogens with zero attached hydrogens (tertiary/aromatic N) is 5. The van der Waals surface area contributed by atoms with Crippen LogP contribution in [0.3, 0.4) is 0 Å². The van der Waals surface area contributed by atoms with Crippen LogP contribution in [0.5, 0.6) is 5.75 Å². The molecule has 148 valence electrons. The van der Waals surface area contributed by atoms with Gasteiger partial charge in [-0.3, -0.25) is 14.0 Å². The smallest absolute Gasteiger partial charge is 0.406 e. The lowest BCUT2D eigenvalue weighted by Gasteiger charge is -2.10. The second kappa shape index (κ2) is 7.04. The van der Waals surface area contributed by atoms with Crippen molar-refractivity contribution < 1.29 is 17.9 Å². The first-order valence-corrected chi connectivity index (χ1v) is 8.48. The topological polar surface area (TPSA) is 74.8 Å². The summed E-state index contributed by atoms with van der Waals surface area (Å²) in [6.07, 6.45) is -1.77. The molecule has 0 bridgehead atoms. The average Bonchev–Trinajstić information content (AvgIpc) is 3.08. The van der Waals surface area contributed by atoms with Gasteiger partial charge in [-0.15, -0.1) is 13.2 Å². The quantitative estimate of drug-likeness (QED) is 0.525. The molecule has 2 aromatic carbocycles. The van der Waals surface area contributed by atoms with Crippen LogP contribution in [0, 0.1) is 0 Å². The molecule has 10 heteroatoms. The standard InChI is InChI=1S/C19H14F3N5O2/c1-26-10-24-17(25-26)9-27-11-23-16-7-4-13(8-15(16)18(27)28)12-2-5-14(6-3-12)29-19(20,21)22/h2-8,10-11H,9H2,1H3. The van der Waals surface area contributed by atoms with Crippen molar-refractivity contribution in [1.82, 2.24) is 24.3 Å². The molecule has 2 aromatic heterocycles. The monoisotopic (exact) mass is 401 g/mol. The van der Waals surface area contributed by atoms with Gasteiger partial charge in [-0.1, -0.05) is 18.2 Å². The molecule has 4 aromatic rings. The van der Waals surface area contributed by atoms with E-state index in [4.69, 9.17) is 0 Å². The van der Waals surface area contributed by atoms with Gasteiger partial charge >= 0.3 is 6.36 Å². The molecule has 0 amide bonds. The minimum absolute atomic E-state index is 0.177. The first kappa shape index (κ1) is 18.7. The number of aryl methyl sites for hydroxylation is 1. The summed E-state index contributed by atoms with van der Waals surface area (Å²) < 4.78 is 43.7. The van der Waals surface area contributed by atoms with E-state index >= 15 is 0 Å². The number of hydrogen-bond donors (Lipinski definition) is 0. The molecular weight excluding hydrogens is 387 g/mol. The highest BCUT2D eigenvalue weighted by Crippen LogP contribution is 2.27. The minimum atomic E-state index is -4.75. The van der Waals surface area contributed by atoms with Crippen molar-refractivity contribution in [3.63, 3.8) is 0 Å². The van der Waals surface area contributed by atoms with Crippen LogP contribution in [0.1, 0.15) is 5.82 Å². The average molecular weight is 401 g/mol. The summed E-state index contributed by atoms with van der Waals surface area (Å²) >= 11 is 0. The Balaban J connectivity index is 1.67. The zero-order valence-electron chi connectivity index (χ0n) is 15.1.